The molecule has 0 atom stereocenters. The van der Waals surface area contributed by atoms with Crippen LogP contribution in [0, 0.1) is 16.7 Å². The number of amides is 1. The minimum atomic E-state index is -0.100. The Morgan fingerprint density at radius 2 is 1.94 bits per heavy atom. The third-order valence-electron chi connectivity index (χ3n) is 2.83. The zero-order valence-corrected chi connectivity index (χ0v) is 11.1. The largest absolute Gasteiger partial charge is 0.341 e. The van der Waals surface area contributed by atoms with Gasteiger partial charge in [0.05, 0.1) is 11.6 Å². The van der Waals surface area contributed by atoms with E-state index in [4.69, 9.17) is 11.0 Å². The molecule has 96 valence electrons. The zero-order valence-electron chi connectivity index (χ0n) is 11.1. The summed E-state index contributed by atoms with van der Waals surface area (Å²) in [5.74, 6) is -0.0546. The predicted octanol–water partition coefficient (Wildman–Crippen LogP) is 1.62. The zero-order chi connectivity index (χ0) is 13.8. The third-order valence-corrected chi connectivity index (χ3v) is 2.83. The lowest BCUT2D eigenvalue weighted by atomic mass is 9.93. The van der Waals surface area contributed by atoms with E-state index in [1.165, 1.54) is 0 Å². The highest BCUT2D eigenvalue weighted by molar-refractivity contribution is 5.94. The van der Waals surface area contributed by atoms with Crippen LogP contribution < -0.4 is 5.73 Å². The molecule has 4 nitrogen and oxygen atoms in total. The van der Waals surface area contributed by atoms with Gasteiger partial charge in [0, 0.05) is 19.2 Å². The molecule has 1 amide bonds. The van der Waals surface area contributed by atoms with Crippen LogP contribution in [0.25, 0.3) is 0 Å². The van der Waals surface area contributed by atoms with Crippen LogP contribution >= 0.6 is 0 Å². The Kier molecular flexibility index (Phi) is 4.46. The fraction of sp³-hybridized carbons (Fsp3) is 0.429. The Morgan fingerprint density at radius 1 is 1.39 bits per heavy atom. The monoisotopic (exact) mass is 245 g/mol. The highest BCUT2D eigenvalue weighted by Crippen LogP contribution is 2.15. The van der Waals surface area contributed by atoms with Crippen molar-refractivity contribution in [1.29, 1.82) is 5.26 Å². The van der Waals surface area contributed by atoms with E-state index in [-0.39, 0.29) is 11.3 Å². The molecule has 18 heavy (non-hydrogen) atoms. The molecule has 0 heterocycles. The molecule has 0 fully saturated rings. The molecule has 1 rings (SSSR count). The number of rotatable bonds is 4. The van der Waals surface area contributed by atoms with Gasteiger partial charge in [-0.2, -0.15) is 5.26 Å². The molecule has 0 saturated heterocycles. The van der Waals surface area contributed by atoms with E-state index < -0.39 is 0 Å². The van der Waals surface area contributed by atoms with Crippen molar-refractivity contribution < 1.29 is 4.79 Å². The number of carbonyl (C=O) groups excluding carboxylic acids is 1. The summed E-state index contributed by atoms with van der Waals surface area (Å²) in [5.41, 5.74) is 6.70. The highest BCUT2D eigenvalue weighted by atomic mass is 16.2. The van der Waals surface area contributed by atoms with E-state index in [0.29, 0.717) is 24.2 Å². The van der Waals surface area contributed by atoms with Crippen LogP contribution in [0.5, 0.6) is 0 Å². The average molecular weight is 245 g/mol. The van der Waals surface area contributed by atoms with E-state index in [1.54, 1.807) is 36.2 Å². The van der Waals surface area contributed by atoms with Crippen LogP contribution in [0.1, 0.15) is 29.8 Å². The summed E-state index contributed by atoms with van der Waals surface area (Å²) in [6.07, 6.45) is 0. The van der Waals surface area contributed by atoms with Crippen LogP contribution in [-0.2, 0) is 0 Å². The minimum Gasteiger partial charge on any atom is -0.341 e. The predicted molar refractivity (Wildman–Crippen MR) is 71.0 cm³/mol. The first-order chi connectivity index (χ1) is 8.39. The first-order valence-corrected chi connectivity index (χ1v) is 5.85. The molecular weight excluding hydrogens is 226 g/mol. The van der Waals surface area contributed by atoms with Gasteiger partial charge in [-0.3, -0.25) is 4.79 Å². The van der Waals surface area contributed by atoms with Crippen molar-refractivity contribution in [2.24, 2.45) is 11.1 Å². The van der Waals surface area contributed by atoms with Crippen LogP contribution in [0.3, 0.4) is 0 Å². The summed E-state index contributed by atoms with van der Waals surface area (Å²) in [6, 6.07) is 8.67. The molecular formula is C14H19N3O. The van der Waals surface area contributed by atoms with E-state index in [0.717, 1.165) is 0 Å². The lowest BCUT2D eigenvalue weighted by Crippen LogP contribution is -2.39. The number of hydrogen-bond acceptors (Lipinski definition) is 3. The van der Waals surface area contributed by atoms with E-state index in [1.807, 2.05) is 19.9 Å². The number of nitriles is 1. The second kappa shape index (κ2) is 5.65. The fourth-order valence-electron chi connectivity index (χ4n) is 1.69. The fourth-order valence-corrected chi connectivity index (χ4v) is 1.69. The SMILES string of the molecule is CN(CC(C)(C)CN)C(=O)c1ccc(C#N)cc1. The molecule has 0 aliphatic heterocycles. The first-order valence-electron chi connectivity index (χ1n) is 5.85. The van der Waals surface area contributed by atoms with E-state index in [2.05, 4.69) is 0 Å². The van der Waals surface area contributed by atoms with Gasteiger partial charge in [0.25, 0.3) is 5.91 Å². The topological polar surface area (TPSA) is 70.1 Å². The molecule has 0 saturated carbocycles. The lowest BCUT2D eigenvalue weighted by molar-refractivity contribution is 0.0740. The maximum absolute atomic E-state index is 12.1. The van der Waals surface area contributed by atoms with Crippen molar-refractivity contribution in [1.82, 2.24) is 4.90 Å². The summed E-state index contributed by atoms with van der Waals surface area (Å²) in [7, 11) is 1.76. The van der Waals surface area contributed by atoms with Crippen molar-refractivity contribution >= 4 is 5.91 Å². The Hall–Kier alpha value is -1.86. The summed E-state index contributed by atoms with van der Waals surface area (Å²) in [5, 5.41) is 8.70. The molecule has 0 radical (unpaired) electrons. The van der Waals surface area contributed by atoms with Crippen LogP contribution in [0.15, 0.2) is 24.3 Å². The van der Waals surface area contributed by atoms with Crippen molar-refractivity contribution in [3.8, 4) is 6.07 Å². The Labute approximate surface area is 108 Å². The Balaban J connectivity index is 2.77. The normalized spacial score (nSPS) is 10.8. The Bertz CT molecular complexity index is 457. The van der Waals surface area contributed by atoms with Crippen molar-refractivity contribution in [3.63, 3.8) is 0 Å². The number of nitrogens with zero attached hydrogens (tertiary/aromatic N) is 2. The van der Waals surface area contributed by atoms with E-state index in [9.17, 15) is 4.79 Å². The van der Waals surface area contributed by atoms with Crippen molar-refractivity contribution in [3.05, 3.63) is 35.4 Å². The molecule has 0 aliphatic carbocycles. The summed E-state index contributed by atoms with van der Waals surface area (Å²) < 4.78 is 0. The number of hydrogen-bond donors (Lipinski definition) is 1. The minimum absolute atomic E-state index is 0.0546. The number of carbonyl (C=O) groups is 1. The van der Waals surface area contributed by atoms with Crippen molar-refractivity contribution in [2.75, 3.05) is 20.1 Å². The van der Waals surface area contributed by atoms with Gasteiger partial charge in [0.15, 0.2) is 0 Å². The maximum atomic E-state index is 12.1. The Morgan fingerprint density at radius 3 is 2.39 bits per heavy atom. The smallest absolute Gasteiger partial charge is 0.253 e. The number of nitrogens with two attached hydrogens (primary N) is 1. The van der Waals surface area contributed by atoms with Crippen molar-refractivity contribution in [2.45, 2.75) is 13.8 Å². The molecule has 0 unspecified atom stereocenters. The van der Waals surface area contributed by atoms with Gasteiger partial charge in [-0.15, -0.1) is 0 Å². The molecule has 1 aromatic carbocycles. The van der Waals surface area contributed by atoms with Crippen LogP contribution in [0.2, 0.25) is 0 Å². The number of benzene rings is 1. The summed E-state index contributed by atoms with van der Waals surface area (Å²) in [4.78, 5) is 13.8. The standard InChI is InChI=1S/C14H19N3O/c1-14(2,9-16)10-17(3)13(18)12-6-4-11(8-15)5-7-12/h4-7H,9-10,16H2,1-3H3. The third kappa shape index (κ3) is 3.57. The summed E-state index contributed by atoms with van der Waals surface area (Å²) >= 11 is 0. The summed E-state index contributed by atoms with van der Waals surface area (Å²) in [6.45, 7) is 5.17. The van der Waals surface area contributed by atoms with Crippen LogP contribution in [0.4, 0.5) is 0 Å². The molecule has 4 heteroatoms. The quantitative estimate of drug-likeness (QED) is 0.876. The van der Waals surface area contributed by atoms with Gasteiger partial charge < -0.3 is 10.6 Å². The van der Waals surface area contributed by atoms with Gasteiger partial charge in [-0.1, -0.05) is 13.8 Å². The first kappa shape index (κ1) is 14.2. The van der Waals surface area contributed by atoms with Gasteiger partial charge in [-0.25, -0.2) is 0 Å². The lowest BCUT2D eigenvalue weighted by Gasteiger charge is -2.29. The van der Waals surface area contributed by atoms with Crippen LogP contribution in [-0.4, -0.2) is 30.9 Å². The molecule has 1 aromatic rings. The van der Waals surface area contributed by atoms with Gasteiger partial charge >= 0.3 is 0 Å². The van der Waals surface area contributed by atoms with Gasteiger partial charge in [0.2, 0.25) is 0 Å². The molecule has 0 bridgehead atoms. The molecule has 0 aromatic heterocycles. The second-order valence-electron chi connectivity index (χ2n) is 5.22. The molecule has 0 spiro atoms. The highest BCUT2D eigenvalue weighted by Gasteiger charge is 2.21. The van der Waals surface area contributed by atoms with E-state index >= 15 is 0 Å². The van der Waals surface area contributed by atoms with Gasteiger partial charge in [0.1, 0.15) is 0 Å². The second-order valence-corrected chi connectivity index (χ2v) is 5.22. The average Bonchev–Trinajstić information content (AvgIpc) is 2.37. The van der Waals surface area contributed by atoms with Gasteiger partial charge in [-0.05, 0) is 36.2 Å². The molecule has 0 aliphatic rings. The maximum Gasteiger partial charge on any atom is 0.253 e. The molecule has 2 N–H and O–H groups in total.